The summed E-state index contributed by atoms with van der Waals surface area (Å²) in [4.78, 5) is 5.87. The van der Waals surface area contributed by atoms with Gasteiger partial charge >= 0.3 is 0 Å². The van der Waals surface area contributed by atoms with Crippen LogP contribution >= 0.6 is 51.2 Å². The van der Waals surface area contributed by atoms with E-state index in [1.165, 1.54) is 4.88 Å². The molecule has 0 spiro atoms. The van der Waals surface area contributed by atoms with E-state index in [-0.39, 0.29) is 24.0 Å². The number of guanidine groups is 1. The molecule has 144 valence electrons. The van der Waals surface area contributed by atoms with Gasteiger partial charge in [-0.05, 0) is 60.2 Å². The van der Waals surface area contributed by atoms with Crippen LogP contribution in [0, 0.1) is 5.92 Å². The van der Waals surface area contributed by atoms with Gasteiger partial charge in [0.2, 0.25) is 0 Å². The van der Waals surface area contributed by atoms with Crippen molar-refractivity contribution >= 4 is 57.2 Å². The molecule has 2 heterocycles. The van der Waals surface area contributed by atoms with Gasteiger partial charge in [-0.15, -0.1) is 35.3 Å². The van der Waals surface area contributed by atoms with Crippen LogP contribution in [-0.2, 0) is 16.0 Å². The predicted octanol–water partition coefficient (Wildman–Crippen LogP) is 4.02. The Morgan fingerprint density at radius 3 is 2.84 bits per heavy atom. The highest BCUT2D eigenvalue weighted by Gasteiger charge is 2.13. The van der Waals surface area contributed by atoms with Crippen LogP contribution < -0.4 is 10.6 Å². The van der Waals surface area contributed by atoms with Crippen LogP contribution in [-0.4, -0.2) is 45.5 Å². The molecule has 1 aromatic rings. The normalized spacial score (nSPS) is 15.7. The van der Waals surface area contributed by atoms with Crippen molar-refractivity contribution in [2.24, 2.45) is 10.9 Å². The number of nitrogens with zero attached hydrogens (tertiary/aromatic N) is 1. The number of nitrogens with one attached hydrogen (secondary N) is 2. The summed E-state index contributed by atoms with van der Waals surface area (Å²) in [5.41, 5.74) is 0. The van der Waals surface area contributed by atoms with E-state index in [2.05, 4.69) is 50.6 Å². The SMILES string of the molecule is CCNC(=NCc1ccc(Br)s1)NCCCOCC1CCOCC1.I. The molecule has 0 saturated carbocycles. The average molecular weight is 546 g/mol. The molecule has 0 bridgehead atoms. The summed E-state index contributed by atoms with van der Waals surface area (Å²) in [7, 11) is 0. The van der Waals surface area contributed by atoms with E-state index in [0.29, 0.717) is 12.5 Å². The van der Waals surface area contributed by atoms with E-state index >= 15 is 0 Å². The molecule has 5 nitrogen and oxygen atoms in total. The Labute approximate surface area is 180 Å². The lowest BCUT2D eigenvalue weighted by Crippen LogP contribution is -2.38. The zero-order valence-electron chi connectivity index (χ0n) is 14.8. The number of aliphatic imine (C=N–C) groups is 1. The minimum absolute atomic E-state index is 0. The Morgan fingerprint density at radius 2 is 2.16 bits per heavy atom. The Bertz CT molecular complexity index is 496. The lowest BCUT2D eigenvalue weighted by atomic mass is 10.0. The van der Waals surface area contributed by atoms with Gasteiger partial charge in [-0.1, -0.05) is 0 Å². The first-order valence-electron chi connectivity index (χ1n) is 8.69. The van der Waals surface area contributed by atoms with Crippen LogP contribution in [0.3, 0.4) is 0 Å². The highest BCUT2D eigenvalue weighted by atomic mass is 127. The van der Waals surface area contributed by atoms with Crippen LogP contribution in [0.25, 0.3) is 0 Å². The Hall–Kier alpha value is 0.1000. The predicted molar refractivity (Wildman–Crippen MR) is 119 cm³/mol. The van der Waals surface area contributed by atoms with Gasteiger partial charge in [0.1, 0.15) is 0 Å². The van der Waals surface area contributed by atoms with Gasteiger partial charge in [-0.3, -0.25) is 0 Å². The van der Waals surface area contributed by atoms with Crippen LogP contribution in [0.5, 0.6) is 0 Å². The monoisotopic (exact) mass is 545 g/mol. The number of hydrogen-bond acceptors (Lipinski definition) is 4. The zero-order valence-corrected chi connectivity index (χ0v) is 19.5. The summed E-state index contributed by atoms with van der Waals surface area (Å²) in [5.74, 6) is 1.54. The molecule has 0 atom stereocenters. The molecule has 8 heteroatoms. The third kappa shape index (κ3) is 10.1. The molecule has 2 rings (SSSR count). The van der Waals surface area contributed by atoms with Gasteiger partial charge in [0, 0.05) is 44.4 Å². The third-order valence-corrected chi connectivity index (χ3v) is 5.43. The van der Waals surface area contributed by atoms with Gasteiger partial charge in [-0.2, -0.15) is 0 Å². The Kier molecular flexibility index (Phi) is 13.1. The zero-order chi connectivity index (χ0) is 17.0. The molecule has 0 aliphatic carbocycles. The van der Waals surface area contributed by atoms with Gasteiger partial charge in [0.15, 0.2) is 5.96 Å². The van der Waals surface area contributed by atoms with Crippen molar-refractivity contribution in [2.45, 2.75) is 32.7 Å². The lowest BCUT2D eigenvalue weighted by molar-refractivity contribution is 0.0203. The maximum atomic E-state index is 5.79. The van der Waals surface area contributed by atoms with Gasteiger partial charge in [0.05, 0.1) is 10.3 Å². The molecule has 0 aromatic carbocycles. The fourth-order valence-corrected chi connectivity index (χ4v) is 3.89. The molecule has 0 radical (unpaired) electrons. The van der Waals surface area contributed by atoms with Gasteiger partial charge < -0.3 is 20.1 Å². The van der Waals surface area contributed by atoms with Crippen molar-refractivity contribution in [1.29, 1.82) is 0 Å². The summed E-state index contributed by atoms with van der Waals surface area (Å²) < 4.78 is 12.3. The molecule has 2 N–H and O–H groups in total. The van der Waals surface area contributed by atoms with Crippen LogP contribution in [0.2, 0.25) is 0 Å². The average Bonchev–Trinajstić information content (AvgIpc) is 3.02. The summed E-state index contributed by atoms with van der Waals surface area (Å²) in [6.45, 7) is 7.94. The van der Waals surface area contributed by atoms with Gasteiger partial charge in [-0.25, -0.2) is 4.99 Å². The number of thiophene rings is 1. The van der Waals surface area contributed by atoms with Crippen molar-refractivity contribution in [3.05, 3.63) is 20.8 Å². The first kappa shape index (κ1) is 23.1. The highest BCUT2D eigenvalue weighted by molar-refractivity contribution is 14.0. The molecule has 25 heavy (non-hydrogen) atoms. The van der Waals surface area contributed by atoms with Crippen molar-refractivity contribution in [3.8, 4) is 0 Å². The quantitative estimate of drug-likeness (QED) is 0.213. The molecule has 1 aliphatic heterocycles. The van der Waals surface area contributed by atoms with Gasteiger partial charge in [0.25, 0.3) is 0 Å². The Morgan fingerprint density at radius 1 is 1.36 bits per heavy atom. The maximum Gasteiger partial charge on any atom is 0.191 e. The van der Waals surface area contributed by atoms with Crippen LogP contribution in [0.15, 0.2) is 20.9 Å². The minimum Gasteiger partial charge on any atom is -0.381 e. The first-order valence-corrected chi connectivity index (χ1v) is 10.3. The van der Waals surface area contributed by atoms with Crippen molar-refractivity contribution in [1.82, 2.24) is 10.6 Å². The highest BCUT2D eigenvalue weighted by Crippen LogP contribution is 2.22. The molecule has 0 unspecified atom stereocenters. The number of halogens is 2. The fraction of sp³-hybridized carbons (Fsp3) is 0.706. The number of ether oxygens (including phenoxy) is 2. The third-order valence-electron chi connectivity index (χ3n) is 3.82. The van der Waals surface area contributed by atoms with E-state index < -0.39 is 0 Å². The van der Waals surface area contributed by atoms with Crippen molar-refractivity contribution in [3.63, 3.8) is 0 Å². The summed E-state index contributed by atoms with van der Waals surface area (Å²) in [6, 6.07) is 4.16. The molecule has 1 aromatic heterocycles. The standard InChI is InChI=1S/C17H28BrN3O2S.HI/c1-2-19-17(21-12-15-4-5-16(18)24-15)20-8-3-9-23-13-14-6-10-22-11-7-14;/h4-5,14H,2-3,6-13H2,1H3,(H2,19,20,21);1H. The largest absolute Gasteiger partial charge is 0.381 e. The van der Waals surface area contributed by atoms with E-state index in [4.69, 9.17) is 9.47 Å². The van der Waals surface area contributed by atoms with E-state index in [1.54, 1.807) is 11.3 Å². The molecule has 0 amide bonds. The Balaban J connectivity index is 0.00000312. The lowest BCUT2D eigenvalue weighted by Gasteiger charge is -2.21. The van der Waals surface area contributed by atoms with Crippen molar-refractivity contribution in [2.75, 3.05) is 39.5 Å². The first-order chi connectivity index (χ1) is 11.8. The van der Waals surface area contributed by atoms with E-state index in [1.807, 2.05) is 0 Å². The fourth-order valence-electron chi connectivity index (χ4n) is 2.48. The molecular formula is C17H29BrIN3O2S. The van der Waals surface area contributed by atoms with Crippen LogP contribution in [0.1, 0.15) is 31.1 Å². The smallest absolute Gasteiger partial charge is 0.191 e. The molecular weight excluding hydrogens is 517 g/mol. The molecule has 1 saturated heterocycles. The number of hydrogen-bond donors (Lipinski definition) is 2. The van der Waals surface area contributed by atoms with E-state index in [0.717, 1.165) is 68.5 Å². The second-order valence-corrected chi connectivity index (χ2v) is 8.36. The molecule has 1 aliphatic rings. The van der Waals surface area contributed by atoms with Crippen molar-refractivity contribution < 1.29 is 9.47 Å². The maximum absolute atomic E-state index is 5.79. The summed E-state index contributed by atoms with van der Waals surface area (Å²) in [6.07, 6.45) is 3.25. The topological polar surface area (TPSA) is 54.9 Å². The summed E-state index contributed by atoms with van der Waals surface area (Å²) in [5, 5.41) is 6.65. The molecule has 1 fully saturated rings. The summed E-state index contributed by atoms with van der Waals surface area (Å²) >= 11 is 5.20. The second-order valence-electron chi connectivity index (χ2n) is 5.81. The minimum atomic E-state index is 0. The van der Waals surface area contributed by atoms with E-state index in [9.17, 15) is 0 Å². The number of rotatable bonds is 9. The second kappa shape index (κ2) is 14.2. The van der Waals surface area contributed by atoms with Crippen LogP contribution in [0.4, 0.5) is 0 Å².